The second-order valence-electron chi connectivity index (χ2n) is 14.0. The number of allylic oxidation sites excluding steroid dienone is 3. The van der Waals surface area contributed by atoms with E-state index < -0.39 is 11.4 Å². The smallest absolute Gasteiger partial charge is 0.309 e. The van der Waals surface area contributed by atoms with Crippen molar-refractivity contribution in [2.75, 3.05) is 0 Å². The molecule has 5 rings (SSSR count). The highest BCUT2D eigenvalue weighted by Crippen LogP contribution is 2.78. The lowest BCUT2D eigenvalue weighted by Gasteiger charge is -2.70. The fourth-order valence-corrected chi connectivity index (χ4v) is 11.1. The van der Waals surface area contributed by atoms with Crippen molar-refractivity contribution in [2.45, 2.75) is 92.9 Å². The van der Waals surface area contributed by atoms with Gasteiger partial charge in [0.25, 0.3) is 0 Å². The Bertz CT molecular complexity index is 944. The monoisotopic (exact) mass is 452 g/mol. The Morgan fingerprint density at radius 1 is 0.970 bits per heavy atom. The third-order valence-electron chi connectivity index (χ3n) is 12.8. The first-order valence-electron chi connectivity index (χ1n) is 13.4. The normalized spacial score (nSPS) is 52.1. The van der Waals surface area contributed by atoms with Crippen molar-refractivity contribution < 1.29 is 14.7 Å². The van der Waals surface area contributed by atoms with Gasteiger partial charge in [0.1, 0.15) is 6.29 Å². The highest BCUT2D eigenvalue weighted by atomic mass is 16.4. The molecule has 0 unspecified atom stereocenters. The number of carbonyl (C=O) groups is 2. The summed E-state index contributed by atoms with van der Waals surface area (Å²) in [6.45, 7) is 18.5. The Morgan fingerprint density at radius 2 is 1.67 bits per heavy atom. The molecule has 4 fully saturated rings. The number of hydrogen-bond acceptors (Lipinski definition) is 2. The Morgan fingerprint density at radius 3 is 2.27 bits per heavy atom. The molecule has 0 radical (unpaired) electrons. The van der Waals surface area contributed by atoms with E-state index in [-0.39, 0.29) is 27.6 Å². The summed E-state index contributed by atoms with van der Waals surface area (Å²) in [5, 5.41) is 10.5. The molecule has 0 aromatic carbocycles. The third-order valence-corrected chi connectivity index (χ3v) is 12.8. The van der Waals surface area contributed by atoms with Gasteiger partial charge in [-0.2, -0.15) is 0 Å². The van der Waals surface area contributed by atoms with E-state index in [4.69, 9.17) is 0 Å². The van der Waals surface area contributed by atoms with Crippen LogP contribution in [-0.4, -0.2) is 17.4 Å². The third kappa shape index (κ3) is 2.58. The van der Waals surface area contributed by atoms with Crippen LogP contribution in [0.4, 0.5) is 0 Å². The van der Waals surface area contributed by atoms with E-state index in [0.717, 1.165) is 56.8 Å². The molecule has 0 saturated heterocycles. The lowest BCUT2D eigenvalue weighted by molar-refractivity contribution is -0.217. The second-order valence-corrected chi connectivity index (χ2v) is 14.0. The number of aldehydes is 1. The quantitative estimate of drug-likeness (QED) is 0.368. The molecule has 0 aromatic rings. The maximum atomic E-state index is 12.7. The van der Waals surface area contributed by atoms with Crippen LogP contribution in [0.1, 0.15) is 92.9 Å². The van der Waals surface area contributed by atoms with Gasteiger partial charge >= 0.3 is 5.97 Å². The SMILES string of the molecule is C=C(C)[C@@H]1CC[C@]2(C(=O)O)CC[C@]3(C)[C@@H](CC[C@H]4[C@@]5(C)C(C=O)=CC(C)(C)[C@@H]5CC[C@]43C)[C@@H]12. The predicted octanol–water partition coefficient (Wildman–Crippen LogP) is 7.07. The number of carbonyl (C=O) groups excluding carboxylic acids is 1. The molecule has 182 valence electrons. The van der Waals surface area contributed by atoms with Gasteiger partial charge < -0.3 is 5.11 Å². The number of rotatable bonds is 3. The first kappa shape index (κ1) is 23.4. The van der Waals surface area contributed by atoms with Crippen LogP contribution in [-0.2, 0) is 9.59 Å². The van der Waals surface area contributed by atoms with E-state index >= 15 is 0 Å². The fourth-order valence-electron chi connectivity index (χ4n) is 11.1. The van der Waals surface area contributed by atoms with Crippen LogP contribution in [0.2, 0.25) is 0 Å². The molecule has 3 nitrogen and oxygen atoms in total. The van der Waals surface area contributed by atoms with Gasteiger partial charge in [0.2, 0.25) is 0 Å². The van der Waals surface area contributed by atoms with Gasteiger partial charge in [-0.1, -0.05) is 52.8 Å². The molecular weight excluding hydrogens is 408 g/mol. The summed E-state index contributed by atoms with van der Waals surface area (Å²) in [5.41, 5.74) is 1.86. The molecule has 1 N–H and O–H groups in total. The first-order chi connectivity index (χ1) is 15.3. The lowest BCUT2D eigenvalue weighted by atomic mass is 9.34. The van der Waals surface area contributed by atoms with Crippen LogP contribution in [0.5, 0.6) is 0 Å². The van der Waals surface area contributed by atoms with Crippen molar-refractivity contribution in [1.29, 1.82) is 0 Å². The Balaban J connectivity index is 1.61. The number of carboxylic acids is 1. The molecule has 9 atom stereocenters. The minimum absolute atomic E-state index is 0.0611. The fraction of sp³-hybridized carbons (Fsp3) is 0.800. The van der Waals surface area contributed by atoms with E-state index in [1.165, 1.54) is 12.0 Å². The van der Waals surface area contributed by atoms with Gasteiger partial charge in [0.15, 0.2) is 0 Å². The summed E-state index contributed by atoms with van der Waals surface area (Å²) in [6.07, 6.45) is 11.6. The van der Waals surface area contributed by atoms with Gasteiger partial charge in [0, 0.05) is 5.41 Å². The standard InChI is InChI=1S/C30H44O3/c1-18(2)20-10-13-30(25(32)33)15-14-27(5)21(24(20)30)8-9-23-28(27,6)12-11-22-26(3,4)16-19(17-31)29(22,23)7/h16-17,20-24H,1,8-15H2,2-7H3,(H,32,33)/t20-,21-,22-,23+,24+,27+,28+,29-,30-/m0/s1. The summed E-state index contributed by atoms with van der Waals surface area (Å²) in [7, 11) is 0. The molecule has 33 heavy (non-hydrogen) atoms. The summed E-state index contributed by atoms with van der Waals surface area (Å²) < 4.78 is 0. The van der Waals surface area contributed by atoms with Crippen LogP contribution in [0, 0.1) is 56.7 Å². The van der Waals surface area contributed by atoms with Gasteiger partial charge in [-0.25, -0.2) is 0 Å². The zero-order chi connectivity index (χ0) is 24.2. The van der Waals surface area contributed by atoms with Gasteiger partial charge in [0.05, 0.1) is 5.41 Å². The molecule has 0 aromatic heterocycles. The van der Waals surface area contributed by atoms with E-state index in [9.17, 15) is 14.7 Å². The Labute approximate surface area is 200 Å². The highest BCUT2D eigenvalue weighted by molar-refractivity contribution is 5.78. The maximum Gasteiger partial charge on any atom is 0.309 e. The number of hydrogen-bond donors (Lipinski definition) is 1. The molecule has 3 heteroatoms. The highest BCUT2D eigenvalue weighted by Gasteiger charge is 2.72. The zero-order valence-corrected chi connectivity index (χ0v) is 21.7. The van der Waals surface area contributed by atoms with E-state index in [2.05, 4.69) is 54.2 Å². The van der Waals surface area contributed by atoms with Crippen LogP contribution < -0.4 is 0 Å². The minimum atomic E-state index is -0.568. The minimum Gasteiger partial charge on any atom is -0.481 e. The second kappa shape index (κ2) is 6.85. The van der Waals surface area contributed by atoms with Gasteiger partial charge in [-0.3, -0.25) is 9.59 Å². The maximum absolute atomic E-state index is 12.7. The van der Waals surface area contributed by atoms with Crippen molar-refractivity contribution in [3.05, 3.63) is 23.8 Å². The molecule has 0 aliphatic heterocycles. The first-order valence-corrected chi connectivity index (χ1v) is 13.4. The van der Waals surface area contributed by atoms with Crippen LogP contribution in [0.25, 0.3) is 0 Å². The Hall–Kier alpha value is -1.38. The lowest BCUT2D eigenvalue weighted by Crippen LogP contribution is -2.65. The van der Waals surface area contributed by atoms with Crippen LogP contribution in [0.3, 0.4) is 0 Å². The average Bonchev–Trinajstić information content (AvgIpc) is 3.22. The molecule has 5 aliphatic rings. The van der Waals surface area contributed by atoms with Crippen LogP contribution >= 0.6 is 0 Å². The van der Waals surface area contributed by atoms with Gasteiger partial charge in [-0.05, 0) is 110 Å². The van der Waals surface area contributed by atoms with Crippen molar-refractivity contribution in [2.24, 2.45) is 56.7 Å². The van der Waals surface area contributed by atoms with Crippen molar-refractivity contribution in [3.8, 4) is 0 Å². The Kier molecular flexibility index (Phi) is 4.85. The number of aliphatic carboxylic acids is 1. The molecular formula is C30H44O3. The zero-order valence-electron chi connectivity index (χ0n) is 21.7. The summed E-state index contributed by atoms with van der Waals surface area (Å²) in [4.78, 5) is 25.1. The van der Waals surface area contributed by atoms with Crippen molar-refractivity contribution in [3.63, 3.8) is 0 Å². The molecule has 5 aliphatic carbocycles. The summed E-state index contributed by atoms with van der Waals surface area (Å²) >= 11 is 0. The molecule has 0 spiro atoms. The van der Waals surface area contributed by atoms with Crippen molar-refractivity contribution in [1.82, 2.24) is 0 Å². The number of carboxylic acid groups (broad SMARTS) is 1. The molecule has 0 heterocycles. The van der Waals surface area contributed by atoms with Gasteiger partial charge in [-0.15, -0.1) is 0 Å². The largest absolute Gasteiger partial charge is 0.481 e. The topological polar surface area (TPSA) is 54.4 Å². The average molecular weight is 453 g/mol. The molecule has 0 amide bonds. The predicted molar refractivity (Wildman–Crippen MR) is 132 cm³/mol. The number of fused-ring (bicyclic) bond motifs is 7. The molecule has 4 saturated carbocycles. The van der Waals surface area contributed by atoms with E-state index in [1.54, 1.807) is 0 Å². The van der Waals surface area contributed by atoms with Crippen molar-refractivity contribution >= 4 is 12.3 Å². The van der Waals surface area contributed by atoms with Crippen LogP contribution in [0.15, 0.2) is 23.8 Å². The van der Waals surface area contributed by atoms with E-state index in [1.807, 2.05) is 0 Å². The molecule has 0 bridgehead atoms. The van der Waals surface area contributed by atoms with E-state index in [0.29, 0.717) is 23.7 Å². The summed E-state index contributed by atoms with van der Waals surface area (Å²) in [5.74, 6) is 1.38. The summed E-state index contributed by atoms with van der Waals surface area (Å²) in [6, 6.07) is 0.